The van der Waals surface area contributed by atoms with Gasteiger partial charge < -0.3 is 4.57 Å². The second kappa shape index (κ2) is 8.17. The fourth-order valence-electron chi connectivity index (χ4n) is 3.20. The molecule has 1 heterocycles. The lowest BCUT2D eigenvalue weighted by Crippen LogP contribution is -1.94. The minimum Gasteiger partial charge on any atom is -0.309 e. The Kier molecular flexibility index (Phi) is 5.50. The van der Waals surface area contributed by atoms with Gasteiger partial charge in [-0.1, -0.05) is 86.0 Å². The number of nitrogens with zero attached hydrogens (tertiary/aromatic N) is 1. The van der Waals surface area contributed by atoms with Crippen molar-refractivity contribution in [1.82, 2.24) is 4.57 Å². The molecule has 1 heteroatoms. The summed E-state index contributed by atoms with van der Waals surface area (Å²) < 4.78 is 2.28. The van der Waals surface area contributed by atoms with Crippen LogP contribution in [0.2, 0.25) is 0 Å². The predicted octanol–water partition coefficient (Wildman–Crippen LogP) is 7.07. The first-order valence-electron chi connectivity index (χ1n) is 8.75. The molecule has 0 unspecified atom stereocenters. The summed E-state index contributed by atoms with van der Waals surface area (Å²) in [6.07, 6.45) is 16.0. The summed E-state index contributed by atoms with van der Waals surface area (Å²) in [7, 11) is 0. The van der Waals surface area contributed by atoms with Gasteiger partial charge in [0.25, 0.3) is 0 Å². The van der Waals surface area contributed by atoms with E-state index in [0.717, 1.165) is 11.3 Å². The molecule has 0 aliphatic carbocycles. The van der Waals surface area contributed by atoms with Crippen molar-refractivity contribution in [3.05, 3.63) is 116 Å². The van der Waals surface area contributed by atoms with Crippen molar-refractivity contribution < 1.29 is 0 Å². The lowest BCUT2D eigenvalue weighted by Gasteiger charge is -2.08. The van der Waals surface area contributed by atoms with Gasteiger partial charge in [0.15, 0.2) is 0 Å². The van der Waals surface area contributed by atoms with Crippen LogP contribution in [0, 0.1) is 0 Å². The molecule has 128 valence electrons. The molecule has 3 aromatic rings. The van der Waals surface area contributed by atoms with Crippen molar-refractivity contribution in [2.45, 2.75) is 6.92 Å². The third-order valence-electron chi connectivity index (χ3n) is 4.24. The monoisotopic (exact) mass is 337 g/mol. The maximum Gasteiger partial charge on any atom is 0.0541 e. The summed E-state index contributed by atoms with van der Waals surface area (Å²) in [4.78, 5) is 0. The molecule has 0 saturated carbocycles. The van der Waals surface area contributed by atoms with Gasteiger partial charge in [0.05, 0.1) is 11.0 Å². The molecule has 0 N–H and O–H groups in total. The minimum atomic E-state index is 1.07. The van der Waals surface area contributed by atoms with Crippen LogP contribution >= 0.6 is 0 Å². The highest BCUT2D eigenvalue weighted by molar-refractivity contribution is 6.10. The van der Waals surface area contributed by atoms with Gasteiger partial charge in [0.2, 0.25) is 0 Å². The number of hydrogen-bond donors (Lipinski definition) is 0. The largest absolute Gasteiger partial charge is 0.309 e. The van der Waals surface area contributed by atoms with E-state index in [0.29, 0.717) is 0 Å². The third-order valence-corrected chi connectivity index (χ3v) is 4.24. The van der Waals surface area contributed by atoms with Crippen molar-refractivity contribution in [2.24, 2.45) is 0 Å². The van der Waals surface area contributed by atoms with E-state index in [9.17, 15) is 0 Å². The Labute approximate surface area is 155 Å². The highest BCUT2D eigenvalue weighted by atomic mass is 15.0. The molecule has 0 bridgehead atoms. The van der Waals surface area contributed by atoms with Crippen LogP contribution in [0.4, 0.5) is 0 Å². The molecule has 1 aromatic heterocycles. The standard InChI is InChI=1S/C25H23N/c1-4-11-20(12-5-2)18-19-21(13-6-3)26-24-16-9-7-14-22(24)23-15-8-10-17-25(23)26/h4-19H,1,3H2,2H3/b12-5-,19-18-,20-11+,21-13+. The zero-order chi connectivity index (χ0) is 18.4. The zero-order valence-electron chi connectivity index (χ0n) is 15.1. The normalized spacial score (nSPS) is 13.3. The lowest BCUT2D eigenvalue weighted by molar-refractivity contribution is 1.24. The van der Waals surface area contributed by atoms with Crippen LogP contribution in [0.3, 0.4) is 0 Å². The first kappa shape index (κ1) is 17.5. The van der Waals surface area contributed by atoms with Crippen LogP contribution in [0.25, 0.3) is 27.5 Å². The first-order chi connectivity index (χ1) is 12.8. The van der Waals surface area contributed by atoms with E-state index in [2.05, 4.69) is 84.5 Å². The van der Waals surface area contributed by atoms with Crippen molar-refractivity contribution >= 4 is 27.5 Å². The average Bonchev–Trinajstić information content (AvgIpc) is 3.00. The summed E-state index contributed by atoms with van der Waals surface area (Å²) in [6.45, 7) is 9.71. The zero-order valence-corrected chi connectivity index (χ0v) is 15.1. The smallest absolute Gasteiger partial charge is 0.0541 e. The molecule has 0 saturated heterocycles. The van der Waals surface area contributed by atoms with Crippen LogP contribution in [-0.4, -0.2) is 4.57 Å². The molecule has 2 aromatic carbocycles. The van der Waals surface area contributed by atoms with Gasteiger partial charge in [0, 0.05) is 16.5 Å². The molecule has 0 spiro atoms. The van der Waals surface area contributed by atoms with E-state index in [1.165, 1.54) is 21.8 Å². The highest BCUT2D eigenvalue weighted by Gasteiger charge is 2.11. The van der Waals surface area contributed by atoms with E-state index in [1.807, 2.05) is 31.2 Å². The summed E-state index contributed by atoms with van der Waals surface area (Å²) in [6, 6.07) is 17.0. The summed E-state index contributed by atoms with van der Waals surface area (Å²) in [5.41, 5.74) is 4.54. The van der Waals surface area contributed by atoms with Gasteiger partial charge in [-0.3, -0.25) is 0 Å². The van der Waals surface area contributed by atoms with E-state index in [-0.39, 0.29) is 0 Å². The van der Waals surface area contributed by atoms with Gasteiger partial charge >= 0.3 is 0 Å². The molecule has 0 radical (unpaired) electrons. The van der Waals surface area contributed by atoms with Crippen molar-refractivity contribution in [3.8, 4) is 0 Å². The predicted molar refractivity (Wildman–Crippen MR) is 116 cm³/mol. The Morgan fingerprint density at radius 1 is 0.769 bits per heavy atom. The Bertz CT molecular complexity index is 1010. The van der Waals surface area contributed by atoms with Gasteiger partial charge in [-0.15, -0.1) is 0 Å². The Balaban J connectivity index is 2.23. The highest BCUT2D eigenvalue weighted by Crippen LogP contribution is 2.32. The van der Waals surface area contributed by atoms with Crippen LogP contribution < -0.4 is 0 Å². The molecule has 0 fully saturated rings. The van der Waals surface area contributed by atoms with Gasteiger partial charge in [-0.25, -0.2) is 0 Å². The fraction of sp³-hybridized carbons (Fsp3) is 0.0400. The molecule has 0 amide bonds. The van der Waals surface area contributed by atoms with Crippen LogP contribution in [0.15, 0.2) is 116 Å². The third kappa shape index (κ3) is 3.38. The number of rotatable bonds is 6. The molecule has 0 atom stereocenters. The minimum absolute atomic E-state index is 1.07. The molecule has 0 aliphatic heterocycles. The van der Waals surface area contributed by atoms with E-state index in [4.69, 9.17) is 0 Å². The Morgan fingerprint density at radius 3 is 1.88 bits per heavy atom. The van der Waals surface area contributed by atoms with Crippen molar-refractivity contribution in [1.29, 1.82) is 0 Å². The number of para-hydroxylation sites is 2. The molecular weight excluding hydrogens is 314 g/mol. The maximum atomic E-state index is 3.90. The number of aromatic nitrogens is 1. The molecule has 26 heavy (non-hydrogen) atoms. The molecule has 3 rings (SSSR count). The quantitative estimate of drug-likeness (QED) is 0.424. The maximum absolute atomic E-state index is 3.90. The van der Waals surface area contributed by atoms with Crippen LogP contribution in [0.1, 0.15) is 6.92 Å². The van der Waals surface area contributed by atoms with E-state index >= 15 is 0 Å². The van der Waals surface area contributed by atoms with E-state index < -0.39 is 0 Å². The second-order valence-corrected chi connectivity index (χ2v) is 5.93. The molecule has 0 aliphatic rings. The summed E-state index contributed by atoms with van der Waals surface area (Å²) in [5, 5.41) is 2.50. The van der Waals surface area contributed by atoms with E-state index in [1.54, 1.807) is 6.08 Å². The Morgan fingerprint density at radius 2 is 1.35 bits per heavy atom. The van der Waals surface area contributed by atoms with Gasteiger partial charge in [-0.2, -0.15) is 0 Å². The van der Waals surface area contributed by atoms with Crippen molar-refractivity contribution in [2.75, 3.05) is 0 Å². The second-order valence-electron chi connectivity index (χ2n) is 5.93. The summed E-state index contributed by atoms with van der Waals surface area (Å²) >= 11 is 0. The number of fused-ring (bicyclic) bond motifs is 3. The lowest BCUT2D eigenvalue weighted by atomic mass is 10.2. The van der Waals surface area contributed by atoms with Crippen LogP contribution in [0.5, 0.6) is 0 Å². The number of allylic oxidation sites excluding steroid dienone is 10. The topological polar surface area (TPSA) is 4.93 Å². The van der Waals surface area contributed by atoms with Crippen molar-refractivity contribution in [3.63, 3.8) is 0 Å². The SMILES string of the molecule is C=C/C=C(\C=C/C)/C=C\C(=C/C=C)n1c2ccccc2c2ccccc21. The summed E-state index contributed by atoms with van der Waals surface area (Å²) in [5.74, 6) is 0. The average molecular weight is 337 g/mol. The van der Waals surface area contributed by atoms with Gasteiger partial charge in [0.1, 0.15) is 0 Å². The fourth-order valence-corrected chi connectivity index (χ4v) is 3.20. The first-order valence-corrected chi connectivity index (χ1v) is 8.75. The number of benzene rings is 2. The molecule has 1 nitrogen and oxygen atoms in total. The molecular formula is C25H23N. The van der Waals surface area contributed by atoms with Crippen LogP contribution in [-0.2, 0) is 0 Å². The Hall–Kier alpha value is -3.32. The van der Waals surface area contributed by atoms with Gasteiger partial charge in [-0.05, 0) is 36.8 Å². The number of hydrogen-bond acceptors (Lipinski definition) is 0.